The van der Waals surface area contributed by atoms with E-state index in [0.717, 1.165) is 5.56 Å². The molecule has 9 nitrogen and oxygen atoms in total. The maximum Gasteiger partial charge on any atom is 0.338 e. The first-order chi connectivity index (χ1) is 14.8. The molecule has 0 aliphatic rings. The summed E-state index contributed by atoms with van der Waals surface area (Å²) in [5, 5.41) is 2.41. The Hall–Kier alpha value is -2.95. The van der Waals surface area contributed by atoms with Gasteiger partial charge in [0.05, 0.1) is 30.3 Å². The molecular weight excluding hydrogens is 424 g/mol. The molecule has 0 aromatic heterocycles. The van der Waals surface area contributed by atoms with Crippen molar-refractivity contribution in [2.24, 2.45) is 0 Å². The van der Waals surface area contributed by atoms with Crippen molar-refractivity contribution in [2.45, 2.75) is 18.7 Å². The summed E-state index contributed by atoms with van der Waals surface area (Å²) in [5.74, 6) is -0.536. The van der Waals surface area contributed by atoms with Crippen LogP contribution in [-0.2, 0) is 24.2 Å². The predicted octanol–water partition coefficient (Wildman–Crippen LogP) is 2.72. The van der Waals surface area contributed by atoms with Gasteiger partial charge in [-0.05, 0) is 50.2 Å². The van der Waals surface area contributed by atoms with E-state index in [1.54, 1.807) is 12.1 Å². The first-order valence-corrected chi connectivity index (χ1v) is 11.1. The minimum Gasteiger partial charge on any atom is -0.460 e. The van der Waals surface area contributed by atoms with E-state index in [0.29, 0.717) is 25.5 Å². The van der Waals surface area contributed by atoms with Gasteiger partial charge in [0.1, 0.15) is 6.61 Å². The topological polar surface area (TPSA) is 120 Å². The van der Waals surface area contributed by atoms with Gasteiger partial charge in [-0.15, -0.1) is 0 Å². The molecule has 0 bridgehead atoms. The molecule has 31 heavy (non-hydrogen) atoms. The van der Waals surface area contributed by atoms with Gasteiger partial charge in [-0.2, -0.15) is 0 Å². The Morgan fingerprint density at radius 2 is 1.48 bits per heavy atom. The third-order valence-corrected chi connectivity index (χ3v) is 5.32. The Kier molecular flexibility index (Phi) is 9.44. The molecule has 10 heteroatoms. The van der Waals surface area contributed by atoms with Gasteiger partial charge >= 0.3 is 12.0 Å². The van der Waals surface area contributed by atoms with E-state index in [-0.39, 0.29) is 23.7 Å². The second-order valence-electron chi connectivity index (χ2n) is 6.40. The molecule has 2 rings (SSSR count). The molecule has 0 unspecified atom stereocenters. The quantitative estimate of drug-likeness (QED) is 0.399. The SMILES string of the molecule is CCOCCOCCOC(=O)c1ccc(NC(=O)NS(=O)(=O)c2ccc(C)cc2)cc1. The average molecular weight is 451 g/mol. The molecule has 0 aliphatic heterocycles. The second kappa shape index (κ2) is 12.0. The molecule has 168 valence electrons. The van der Waals surface area contributed by atoms with Crippen molar-refractivity contribution in [3.63, 3.8) is 0 Å². The lowest BCUT2D eigenvalue weighted by Gasteiger charge is -2.10. The predicted molar refractivity (Wildman–Crippen MR) is 115 cm³/mol. The highest BCUT2D eigenvalue weighted by atomic mass is 32.2. The minimum absolute atomic E-state index is 0.0202. The Bertz CT molecular complexity index is 958. The fraction of sp³-hybridized carbons (Fsp3) is 0.333. The number of carbonyl (C=O) groups is 2. The van der Waals surface area contributed by atoms with Crippen LogP contribution in [-0.4, -0.2) is 53.5 Å². The fourth-order valence-corrected chi connectivity index (χ4v) is 3.29. The number of nitrogens with one attached hydrogen (secondary N) is 2. The molecule has 0 atom stereocenters. The molecule has 2 aromatic carbocycles. The summed E-state index contributed by atoms with van der Waals surface area (Å²) < 4.78 is 41.9. The smallest absolute Gasteiger partial charge is 0.338 e. The molecule has 0 aliphatic carbocycles. The maximum absolute atomic E-state index is 12.2. The lowest BCUT2D eigenvalue weighted by Crippen LogP contribution is -2.34. The van der Waals surface area contributed by atoms with Crippen LogP contribution in [0.5, 0.6) is 0 Å². The van der Waals surface area contributed by atoms with Crippen LogP contribution in [0.25, 0.3) is 0 Å². The minimum atomic E-state index is -3.99. The lowest BCUT2D eigenvalue weighted by molar-refractivity contribution is 0.0164. The third kappa shape index (κ3) is 8.36. The highest BCUT2D eigenvalue weighted by Gasteiger charge is 2.17. The van der Waals surface area contributed by atoms with Crippen molar-refractivity contribution in [1.29, 1.82) is 0 Å². The van der Waals surface area contributed by atoms with Crippen molar-refractivity contribution in [3.05, 3.63) is 59.7 Å². The number of rotatable bonds is 11. The molecule has 0 saturated carbocycles. The van der Waals surface area contributed by atoms with Gasteiger partial charge in [-0.3, -0.25) is 0 Å². The number of esters is 1. The van der Waals surface area contributed by atoms with Gasteiger partial charge in [0, 0.05) is 12.3 Å². The van der Waals surface area contributed by atoms with E-state index in [2.05, 4.69) is 5.32 Å². The number of hydrogen-bond donors (Lipinski definition) is 2. The molecule has 0 fully saturated rings. The zero-order valence-electron chi connectivity index (χ0n) is 17.4. The van der Waals surface area contributed by atoms with Crippen LogP contribution in [0.15, 0.2) is 53.4 Å². The average Bonchev–Trinajstić information content (AvgIpc) is 2.73. The van der Waals surface area contributed by atoms with E-state index in [4.69, 9.17) is 14.2 Å². The molecule has 0 spiro atoms. The monoisotopic (exact) mass is 450 g/mol. The van der Waals surface area contributed by atoms with Crippen LogP contribution in [0, 0.1) is 6.92 Å². The van der Waals surface area contributed by atoms with Gasteiger partial charge in [-0.25, -0.2) is 22.7 Å². The van der Waals surface area contributed by atoms with Crippen LogP contribution in [0.3, 0.4) is 0 Å². The zero-order chi connectivity index (χ0) is 22.7. The summed E-state index contributed by atoms with van der Waals surface area (Å²) in [6.45, 7) is 5.61. The second-order valence-corrected chi connectivity index (χ2v) is 8.08. The number of urea groups is 1. The lowest BCUT2D eigenvalue weighted by atomic mass is 10.2. The number of anilines is 1. The summed E-state index contributed by atoms with van der Waals surface area (Å²) in [7, 11) is -3.99. The molecule has 0 saturated heterocycles. The number of amides is 2. The van der Waals surface area contributed by atoms with Crippen LogP contribution < -0.4 is 10.0 Å². The molecule has 2 aromatic rings. The number of hydrogen-bond acceptors (Lipinski definition) is 7. The fourth-order valence-electron chi connectivity index (χ4n) is 2.39. The van der Waals surface area contributed by atoms with Gasteiger partial charge in [0.25, 0.3) is 10.0 Å². The maximum atomic E-state index is 12.2. The Morgan fingerprint density at radius 1 is 0.871 bits per heavy atom. The number of sulfonamides is 1. The van der Waals surface area contributed by atoms with Crippen LogP contribution in [0.2, 0.25) is 0 Å². The van der Waals surface area contributed by atoms with E-state index in [9.17, 15) is 18.0 Å². The molecular formula is C21H26N2O7S. The van der Waals surface area contributed by atoms with Crippen molar-refractivity contribution in [1.82, 2.24) is 4.72 Å². The van der Waals surface area contributed by atoms with Gasteiger partial charge < -0.3 is 19.5 Å². The number of benzene rings is 2. The summed E-state index contributed by atoms with van der Waals surface area (Å²) in [5.41, 5.74) is 1.50. The molecule has 2 N–H and O–H groups in total. The standard InChI is InChI=1S/C21H26N2O7S/c1-3-28-12-13-29-14-15-30-20(24)17-6-8-18(9-7-17)22-21(25)23-31(26,27)19-10-4-16(2)5-11-19/h4-11H,3,12-15H2,1-2H3,(H2,22,23,25). The zero-order valence-corrected chi connectivity index (χ0v) is 18.2. The number of aryl methyl sites for hydroxylation is 1. The highest BCUT2D eigenvalue weighted by Crippen LogP contribution is 2.12. The van der Waals surface area contributed by atoms with Gasteiger partial charge in [0.2, 0.25) is 0 Å². The van der Waals surface area contributed by atoms with Crippen LogP contribution in [0.4, 0.5) is 10.5 Å². The van der Waals surface area contributed by atoms with E-state index in [1.807, 2.05) is 18.6 Å². The van der Waals surface area contributed by atoms with Crippen molar-refractivity contribution in [2.75, 3.05) is 38.4 Å². The van der Waals surface area contributed by atoms with Crippen molar-refractivity contribution in [3.8, 4) is 0 Å². The summed E-state index contributed by atoms with van der Waals surface area (Å²) >= 11 is 0. The van der Waals surface area contributed by atoms with Gasteiger partial charge in [0.15, 0.2) is 0 Å². The summed E-state index contributed by atoms with van der Waals surface area (Å²) in [6, 6.07) is 11.0. The molecule has 2 amide bonds. The Balaban J connectivity index is 1.80. The van der Waals surface area contributed by atoms with Crippen LogP contribution in [0.1, 0.15) is 22.8 Å². The summed E-state index contributed by atoms with van der Waals surface area (Å²) in [6.07, 6.45) is 0. The summed E-state index contributed by atoms with van der Waals surface area (Å²) in [4.78, 5) is 24.0. The van der Waals surface area contributed by atoms with Crippen molar-refractivity contribution >= 4 is 27.7 Å². The van der Waals surface area contributed by atoms with Gasteiger partial charge in [-0.1, -0.05) is 17.7 Å². The first-order valence-electron chi connectivity index (χ1n) is 9.65. The van der Waals surface area contributed by atoms with E-state index >= 15 is 0 Å². The Morgan fingerprint density at radius 3 is 2.13 bits per heavy atom. The largest absolute Gasteiger partial charge is 0.460 e. The van der Waals surface area contributed by atoms with E-state index in [1.165, 1.54) is 36.4 Å². The molecule has 0 heterocycles. The van der Waals surface area contributed by atoms with Crippen LogP contribution >= 0.6 is 0 Å². The molecule has 0 radical (unpaired) electrons. The highest BCUT2D eigenvalue weighted by molar-refractivity contribution is 7.90. The number of ether oxygens (including phenoxy) is 3. The van der Waals surface area contributed by atoms with E-state index < -0.39 is 22.0 Å². The Labute approximate surface area is 181 Å². The van der Waals surface area contributed by atoms with Crippen molar-refractivity contribution < 1.29 is 32.2 Å². The number of carbonyl (C=O) groups excluding carboxylic acids is 2. The third-order valence-electron chi connectivity index (χ3n) is 3.97. The normalized spacial score (nSPS) is 11.0. The first kappa shape index (κ1) is 24.3.